The standard InChI is InChI=1S/C25H30N4O2S/c1-16(2)14-22(29-15-17-8-4-5-9-18(17)25(29)31)24(30)28-21(12-13-32-3)23-26-19-10-6-7-11-20(19)27-23/h4-11,16,21-22H,12-15H2,1-3H3,(H,26,27)(H,28,30). The number of rotatable bonds is 9. The third kappa shape index (κ3) is 4.67. The molecule has 6 nitrogen and oxygen atoms in total. The number of H-pyrrole nitrogens is 1. The summed E-state index contributed by atoms with van der Waals surface area (Å²) in [4.78, 5) is 36.5. The van der Waals surface area contributed by atoms with Gasteiger partial charge in [-0.05, 0) is 54.5 Å². The van der Waals surface area contributed by atoms with E-state index >= 15 is 0 Å². The van der Waals surface area contributed by atoms with Crippen molar-refractivity contribution < 1.29 is 9.59 Å². The van der Waals surface area contributed by atoms with Gasteiger partial charge < -0.3 is 15.2 Å². The Morgan fingerprint density at radius 3 is 2.66 bits per heavy atom. The zero-order valence-electron chi connectivity index (χ0n) is 18.8. The number of carbonyl (C=O) groups excluding carboxylic acids is 2. The second-order valence-electron chi connectivity index (χ2n) is 8.72. The first-order chi connectivity index (χ1) is 15.5. The van der Waals surface area contributed by atoms with E-state index in [1.807, 2.05) is 48.5 Å². The Morgan fingerprint density at radius 2 is 1.94 bits per heavy atom. The molecule has 3 aromatic rings. The molecule has 2 atom stereocenters. The van der Waals surface area contributed by atoms with Gasteiger partial charge in [0, 0.05) is 12.1 Å². The van der Waals surface area contributed by atoms with Crippen LogP contribution in [0.5, 0.6) is 0 Å². The molecule has 0 radical (unpaired) electrons. The molecule has 2 aromatic carbocycles. The highest BCUT2D eigenvalue weighted by Crippen LogP contribution is 2.28. The van der Waals surface area contributed by atoms with E-state index in [-0.39, 0.29) is 23.8 Å². The summed E-state index contributed by atoms with van der Waals surface area (Å²) in [7, 11) is 0. The Balaban J connectivity index is 1.58. The minimum Gasteiger partial charge on any atom is -0.344 e. The topological polar surface area (TPSA) is 78.1 Å². The number of aromatic amines is 1. The minimum atomic E-state index is -0.518. The van der Waals surface area contributed by atoms with Gasteiger partial charge in [0.15, 0.2) is 0 Å². The van der Waals surface area contributed by atoms with Gasteiger partial charge in [-0.3, -0.25) is 9.59 Å². The van der Waals surface area contributed by atoms with Crippen LogP contribution in [0.3, 0.4) is 0 Å². The van der Waals surface area contributed by atoms with Crippen LogP contribution in [-0.4, -0.2) is 44.7 Å². The van der Waals surface area contributed by atoms with Crippen LogP contribution in [0.1, 0.15) is 54.5 Å². The average Bonchev–Trinajstić information content (AvgIpc) is 3.36. The molecule has 7 heteroatoms. The number of aromatic nitrogens is 2. The lowest BCUT2D eigenvalue weighted by atomic mass is 10.0. The Bertz CT molecular complexity index is 1080. The number of nitrogens with one attached hydrogen (secondary N) is 2. The first kappa shape index (κ1) is 22.4. The van der Waals surface area contributed by atoms with Crippen LogP contribution in [0.4, 0.5) is 0 Å². The molecule has 0 bridgehead atoms. The zero-order valence-corrected chi connectivity index (χ0v) is 19.6. The molecule has 2 N–H and O–H groups in total. The van der Waals surface area contributed by atoms with Gasteiger partial charge >= 0.3 is 0 Å². The first-order valence-corrected chi connectivity index (χ1v) is 12.5. The van der Waals surface area contributed by atoms with Crippen LogP contribution >= 0.6 is 11.8 Å². The van der Waals surface area contributed by atoms with Crippen molar-refractivity contribution in [2.45, 2.75) is 45.3 Å². The molecule has 2 heterocycles. The predicted octanol–water partition coefficient (Wildman–Crippen LogP) is 4.54. The molecule has 1 aliphatic heterocycles. The van der Waals surface area contributed by atoms with Crippen molar-refractivity contribution in [2.24, 2.45) is 5.92 Å². The zero-order chi connectivity index (χ0) is 22.7. The van der Waals surface area contributed by atoms with Gasteiger partial charge in [-0.2, -0.15) is 11.8 Å². The summed E-state index contributed by atoms with van der Waals surface area (Å²) in [5.74, 6) is 1.74. The SMILES string of the molecule is CSCCC(NC(=O)C(CC(C)C)N1Cc2ccccc2C1=O)c1nc2ccccc2[nH]1. The van der Waals surface area contributed by atoms with Crippen LogP contribution in [0.2, 0.25) is 0 Å². The maximum absolute atomic E-state index is 13.6. The molecule has 1 aliphatic rings. The van der Waals surface area contributed by atoms with Crippen molar-refractivity contribution in [3.05, 3.63) is 65.5 Å². The van der Waals surface area contributed by atoms with Crippen LogP contribution in [0.25, 0.3) is 11.0 Å². The molecule has 2 amide bonds. The third-order valence-electron chi connectivity index (χ3n) is 5.89. The molecule has 0 saturated carbocycles. The van der Waals surface area contributed by atoms with E-state index in [0.717, 1.165) is 34.6 Å². The predicted molar refractivity (Wildman–Crippen MR) is 130 cm³/mol. The molecule has 1 aromatic heterocycles. The largest absolute Gasteiger partial charge is 0.344 e. The summed E-state index contributed by atoms with van der Waals surface area (Å²) in [5.41, 5.74) is 3.52. The molecule has 168 valence electrons. The van der Waals surface area contributed by atoms with Crippen LogP contribution in [-0.2, 0) is 11.3 Å². The van der Waals surface area contributed by atoms with Crippen molar-refractivity contribution in [3.63, 3.8) is 0 Å². The Kier molecular flexibility index (Phi) is 6.84. The van der Waals surface area contributed by atoms with Crippen LogP contribution in [0.15, 0.2) is 48.5 Å². The van der Waals surface area contributed by atoms with Crippen molar-refractivity contribution >= 4 is 34.6 Å². The summed E-state index contributed by atoms with van der Waals surface area (Å²) in [6.07, 6.45) is 3.43. The van der Waals surface area contributed by atoms with Crippen LogP contribution in [0, 0.1) is 5.92 Å². The highest BCUT2D eigenvalue weighted by molar-refractivity contribution is 7.98. The fourth-order valence-electron chi connectivity index (χ4n) is 4.27. The summed E-state index contributed by atoms with van der Waals surface area (Å²) in [6, 6.07) is 14.7. The summed E-state index contributed by atoms with van der Waals surface area (Å²) >= 11 is 1.74. The first-order valence-electron chi connectivity index (χ1n) is 11.1. The van der Waals surface area contributed by atoms with E-state index in [1.54, 1.807) is 16.7 Å². The number of para-hydroxylation sites is 2. The van der Waals surface area contributed by atoms with E-state index < -0.39 is 6.04 Å². The van der Waals surface area contributed by atoms with E-state index in [9.17, 15) is 9.59 Å². The van der Waals surface area contributed by atoms with Crippen molar-refractivity contribution in [3.8, 4) is 0 Å². The number of fused-ring (bicyclic) bond motifs is 2. The van der Waals surface area contributed by atoms with Crippen LogP contribution < -0.4 is 5.32 Å². The smallest absolute Gasteiger partial charge is 0.255 e. The molecule has 32 heavy (non-hydrogen) atoms. The molecule has 4 rings (SSSR count). The number of thioether (sulfide) groups is 1. The number of amides is 2. The Morgan fingerprint density at radius 1 is 1.19 bits per heavy atom. The van der Waals surface area contributed by atoms with Crippen molar-refractivity contribution in [2.75, 3.05) is 12.0 Å². The lowest BCUT2D eigenvalue weighted by Gasteiger charge is -2.30. The minimum absolute atomic E-state index is 0.0641. The number of benzene rings is 2. The van der Waals surface area contributed by atoms with Gasteiger partial charge in [0.2, 0.25) is 5.91 Å². The van der Waals surface area contributed by atoms with Gasteiger partial charge in [0.05, 0.1) is 17.1 Å². The lowest BCUT2D eigenvalue weighted by Crippen LogP contribution is -2.48. The Labute approximate surface area is 193 Å². The van der Waals surface area contributed by atoms with E-state index in [4.69, 9.17) is 4.98 Å². The summed E-state index contributed by atoms with van der Waals surface area (Å²) in [6.45, 7) is 4.64. The molecule has 0 aliphatic carbocycles. The van der Waals surface area contributed by atoms with Crippen molar-refractivity contribution in [1.29, 1.82) is 0 Å². The van der Waals surface area contributed by atoms with E-state index in [1.165, 1.54) is 0 Å². The van der Waals surface area contributed by atoms with E-state index in [0.29, 0.717) is 18.5 Å². The molecule has 0 spiro atoms. The second kappa shape index (κ2) is 9.77. The number of hydrogen-bond acceptors (Lipinski definition) is 4. The molecular weight excluding hydrogens is 420 g/mol. The van der Waals surface area contributed by atoms with Gasteiger partial charge in [0.1, 0.15) is 11.9 Å². The normalized spacial score (nSPS) is 15.2. The lowest BCUT2D eigenvalue weighted by molar-refractivity contribution is -0.127. The molecule has 0 fully saturated rings. The average molecular weight is 451 g/mol. The highest BCUT2D eigenvalue weighted by atomic mass is 32.2. The summed E-state index contributed by atoms with van der Waals surface area (Å²) < 4.78 is 0. The number of hydrogen-bond donors (Lipinski definition) is 2. The molecular formula is C25H30N4O2S. The maximum Gasteiger partial charge on any atom is 0.255 e. The molecule has 2 unspecified atom stereocenters. The van der Waals surface area contributed by atoms with Gasteiger partial charge in [-0.1, -0.05) is 44.2 Å². The number of imidazole rings is 1. The van der Waals surface area contributed by atoms with Gasteiger partial charge in [0.25, 0.3) is 5.91 Å². The Hall–Kier alpha value is -2.80. The highest BCUT2D eigenvalue weighted by Gasteiger charge is 2.37. The fraction of sp³-hybridized carbons (Fsp3) is 0.400. The monoisotopic (exact) mass is 450 g/mol. The van der Waals surface area contributed by atoms with Gasteiger partial charge in [-0.25, -0.2) is 4.98 Å². The fourth-order valence-corrected chi connectivity index (χ4v) is 4.74. The van der Waals surface area contributed by atoms with Crippen molar-refractivity contribution in [1.82, 2.24) is 20.2 Å². The second-order valence-corrected chi connectivity index (χ2v) is 9.70. The number of nitrogens with zero attached hydrogens (tertiary/aromatic N) is 2. The third-order valence-corrected chi connectivity index (χ3v) is 6.53. The summed E-state index contributed by atoms with van der Waals surface area (Å²) in [5, 5.41) is 3.22. The molecule has 0 saturated heterocycles. The quantitative estimate of drug-likeness (QED) is 0.502. The van der Waals surface area contributed by atoms with Gasteiger partial charge in [-0.15, -0.1) is 0 Å². The van der Waals surface area contributed by atoms with E-state index in [2.05, 4.69) is 30.4 Å². The maximum atomic E-state index is 13.6. The number of carbonyl (C=O) groups is 2.